The molecule has 0 fully saturated rings. The first-order valence-corrected chi connectivity index (χ1v) is 10.5. The highest BCUT2D eigenvalue weighted by atomic mass is 35.5. The summed E-state index contributed by atoms with van der Waals surface area (Å²) in [5.74, 6) is 1.17. The van der Waals surface area contributed by atoms with Crippen LogP contribution in [0.25, 0.3) is 22.4 Å². The summed E-state index contributed by atoms with van der Waals surface area (Å²) in [6.07, 6.45) is 0. The first kappa shape index (κ1) is 20.8. The van der Waals surface area contributed by atoms with Crippen LogP contribution in [0.15, 0.2) is 53.7 Å². The Labute approximate surface area is 180 Å². The van der Waals surface area contributed by atoms with Crippen molar-refractivity contribution in [2.75, 3.05) is 13.7 Å². The molecule has 2 aromatic carbocycles. The lowest BCUT2D eigenvalue weighted by Crippen LogP contribution is -2.08. The fourth-order valence-electron chi connectivity index (χ4n) is 3.14. The van der Waals surface area contributed by atoms with Crippen LogP contribution in [0, 0.1) is 0 Å². The summed E-state index contributed by atoms with van der Waals surface area (Å²) in [5, 5.41) is 9.80. The number of hydrogen-bond donors (Lipinski definition) is 0. The van der Waals surface area contributed by atoms with Crippen LogP contribution in [0.3, 0.4) is 0 Å². The predicted molar refractivity (Wildman–Crippen MR) is 113 cm³/mol. The Balaban J connectivity index is 1.64. The van der Waals surface area contributed by atoms with E-state index in [0.717, 1.165) is 10.1 Å². The third-order valence-corrected chi connectivity index (χ3v) is 5.75. The van der Waals surface area contributed by atoms with Gasteiger partial charge in [0.25, 0.3) is 0 Å². The second-order valence-electron chi connectivity index (χ2n) is 6.41. The van der Waals surface area contributed by atoms with E-state index in [1.807, 2.05) is 16.7 Å². The molecule has 10 heteroatoms. The van der Waals surface area contributed by atoms with E-state index in [1.165, 1.54) is 11.8 Å². The van der Waals surface area contributed by atoms with Gasteiger partial charge in [0.15, 0.2) is 11.0 Å². The van der Waals surface area contributed by atoms with Crippen molar-refractivity contribution in [3.05, 3.63) is 59.4 Å². The molecule has 0 saturated carbocycles. The lowest BCUT2D eigenvalue weighted by Gasteiger charge is -2.10. The molecule has 0 bridgehead atoms. The SMILES string of the molecule is COCCn1c(SCc2nc3ccccc3n2C(F)F)nnc1-c1ccc(Cl)cc1. The third-order valence-electron chi connectivity index (χ3n) is 4.53. The number of thioether (sulfide) groups is 1. The Bertz CT molecular complexity index is 1150. The van der Waals surface area contributed by atoms with Crippen molar-refractivity contribution in [2.24, 2.45) is 0 Å². The van der Waals surface area contributed by atoms with E-state index in [0.29, 0.717) is 40.2 Å². The molecule has 6 nitrogen and oxygen atoms in total. The number of imidazole rings is 1. The molecular weight excluding hydrogens is 432 g/mol. The zero-order valence-corrected chi connectivity index (χ0v) is 17.6. The van der Waals surface area contributed by atoms with Gasteiger partial charge in [-0.15, -0.1) is 10.2 Å². The zero-order chi connectivity index (χ0) is 21.1. The molecule has 0 aliphatic carbocycles. The summed E-state index contributed by atoms with van der Waals surface area (Å²) < 4.78 is 35.4. The van der Waals surface area contributed by atoms with Crippen LogP contribution in [-0.4, -0.2) is 38.0 Å². The van der Waals surface area contributed by atoms with Crippen LogP contribution in [0.5, 0.6) is 0 Å². The minimum atomic E-state index is -2.68. The van der Waals surface area contributed by atoms with Gasteiger partial charge in [-0.2, -0.15) is 8.78 Å². The Morgan fingerprint density at radius 3 is 2.60 bits per heavy atom. The number of halogens is 3. The van der Waals surface area contributed by atoms with Crippen molar-refractivity contribution < 1.29 is 13.5 Å². The first-order valence-electron chi connectivity index (χ1n) is 9.13. The summed E-state index contributed by atoms with van der Waals surface area (Å²) >= 11 is 7.29. The summed E-state index contributed by atoms with van der Waals surface area (Å²) in [6, 6.07) is 14.2. The van der Waals surface area contributed by atoms with Crippen LogP contribution < -0.4 is 0 Å². The van der Waals surface area contributed by atoms with E-state index in [-0.39, 0.29) is 11.6 Å². The van der Waals surface area contributed by atoms with Crippen molar-refractivity contribution in [3.63, 3.8) is 0 Å². The number of nitrogens with zero attached hydrogens (tertiary/aromatic N) is 5. The maximum Gasteiger partial charge on any atom is 0.320 e. The minimum Gasteiger partial charge on any atom is -0.383 e. The molecule has 0 N–H and O–H groups in total. The Morgan fingerprint density at radius 2 is 1.87 bits per heavy atom. The maximum atomic E-state index is 13.7. The standard InChI is InChI=1S/C20H18ClF2N5OS/c1-29-11-10-27-18(13-6-8-14(21)9-7-13)25-26-20(27)30-12-17-24-15-4-2-3-5-16(15)28(17)19(22)23/h2-9,19H,10-12H2,1H3. The van der Waals surface area contributed by atoms with Crippen LogP contribution in [0.4, 0.5) is 8.78 Å². The normalized spacial score (nSPS) is 11.6. The number of aromatic nitrogens is 5. The molecule has 4 aromatic rings. The topological polar surface area (TPSA) is 57.8 Å². The van der Waals surface area contributed by atoms with Crippen LogP contribution >= 0.6 is 23.4 Å². The van der Waals surface area contributed by atoms with Gasteiger partial charge in [-0.25, -0.2) is 4.98 Å². The van der Waals surface area contributed by atoms with Gasteiger partial charge in [0.05, 0.1) is 29.9 Å². The molecular formula is C20H18ClF2N5OS. The van der Waals surface area contributed by atoms with E-state index in [1.54, 1.807) is 43.5 Å². The van der Waals surface area contributed by atoms with E-state index >= 15 is 0 Å². The largest absolute Gasteiger partial charge is 0.383 e. The number of benzene rings is 2. The number of rotatable bonds is 8. The van der Waals surface area contributed by atoms with Gasteiger partial charge in [0.1, 0.15) is 5.82 Å². The summed E-state index contributed by atoms with van der Waals surface area (Å²) in [5.41, 5.74) is 1.80. The number of alkyl halides is 2. The lowest BCUT2D eigenvalue weighted by molar-refractivity contribution is 0.0722. The molecule has 0 amide bonds. The van der Waals surface area contributed by atoms with E-state index < -0.39 is 6.55 Å². The molecule has 156 valence electrons. The number of hydrogen-bond acceptors (Lipinski definition) is 5. The highest BCUT2D eigenvalue weighted by Crippen LogP contribution is 2.30. The first-order chi connectivity index (χ1) is 14.6. The van der Waals surface area contributed by atoms with Crippen molar-refractivity contribution >= 4 is 34.4 Å². The molecule has 2 aromatic heterocycles. The Morgan fingerprint density at radius 1 is 1.10 bits per heavy atom. The maximum absolute atomic E-state index is 13.7. The van der Waals surface area contributed by atoms with Crippen LogP contribution in [0.2, 0.25) is 5.02 Å². The van der Waals surface area contributed by atoms with Gasteiger partial charge in [0, 0.05) is 17.7 Å². The second kappa shape index (κ2) is 9.11. The van der Waals surface area contributed by atoms with Crippen LogP contribution in [0.1, 0.15) is 12.4 Å². The number of fused-ring (bicyclic) bond motifs is 1. The number of para-hydroxylation sites is 2. The fraction of sp³-hybridized carbons (Fsp3) is 0.250. The van der Waals surface area contributed by atoms with Crippen molar-refractivity contribution in [2.45, 2.75) is 24.0 Å². The molecule has 0 atom stereocenters. The van der Waals surface area contributed by atoms with Crippen LogP contribution in [-0.2, 0) is 17.0 Å². The number of ether oxygens (including phenoxy) is 1. The molecule has 0 aliphatic heterocycles. The summed E-state index contributed by atoms with van der Waals surface area (Å²) in [6.45, 7) is -1.69. The van der Waals surface area contributed by atoms with Crippen molar-refractivity contribution in [1.29, 1.82) is 0 Å². The highest BCUT2D eigenvalue weighted by Gasteiger charge is 2.20. The van der Waals surface area contributed by atoms with E-state index in [4.69, 9.17) is 16.3 Å². The predicted octanol–water partition coefficient (Wildman–Crippen LogP) is 5.28. The summed E-state index contributed by atoms with van der Waals surface area (Å²) in [4.78, 5) is 4.38. The third kappa shape index (κ3) is 4.19. The molecule has 0 radical (unpaired) electrons. The van der Waals surface area contributed by atoms with E-state index in [2.05, 4.69) is 15.2 Å². The highest BCUT2D eigenvalue weighted by molar-refractivity contribution is 7.98. The molecule has 0 spiro atoms. The lowest BCUT2D eigenvalue weighted by atomic mass is 10.2. The smallest absolute Gasteiger partial charge is 0.320 e. The quantitative estimate of drug-likeness (QED) is 0.342. The molecule has 0 aliphatic rings. The fourth-order valence-corrected chi connectivity index (χ4v) is 4.16. The van der Waals surface area contributed by atoms with Gasteiger partial charge in [-0.1, -0.05) is 35.5 Å². The molecule has 0 saturated heterocycles. The van der Waals surface area contributed by atoms with Crippen molar-refractivity contribution in [1.82, 2.24) is 24.3 Å². The molecule has 0 unspecified atom stereocenters. The Hall–Kier alpha value is -2.49. The molecule has 2 heterocycles. The summed E-state index contributed by atoms with van der Waals surface area (Å²) in [7, 11) is 1.62. The Kier molecular flexibility index (Phi) is 6.31. The van der Waals surface area contributed by atoms with Crippen molar-refractivity contribution in [3.8, 4) is 11.4 Å². The minimum absolute atomic E-state index is 0.227. The van der Waals surface area contributed by atoms with Gasteiger partial charge in [-0.05, 0) is 36.4 Å². The van der Waals surface area contributed by atoms with E-state index in [9.17, 15) is 8.78 Å². The average molecular weight is 450 g/mol. The zero-order valence-electron chi connectivity index (χ0n) is 16.0. The monoisotopic (exact) mass is 449 g/mol. The van der Waals surface area contributed by atoms with Gasteiger partial charge in [-0.3, -0.25) is 9.13 Å². The number of methoxy groups -OCH3 is 1. The molecule has 30 heavy (non-hydrogen) atoms. The van der Waals surface area contributed by atoms with Gasteiger partial charge >= 0.3 is 6.55 Å². The van der Waals surface area contributed by atoms with Gasteiger partial charge in [0.2, 0.25) is 0 Å². The molecule has 4 rings (SSSR count). The van der Waals surface area contributed by atoms with Gasteiger partial charge < -0.3 is 4.74 Å². The average Bonchev–Trinajstić information content (AvgIpc) is 3.32. The second-order valence-corrected chi connectivity index (χ2v) is 7.79.